The molecule has 1 aromatic rings. The largest absolute Gasteiger partial charge is 0.143 e. The highest BCUT2D eigenvalue weighted by Gasteiger charge is 2.11. The fourth-order valence-corrected chi connectivity index (χ4v) is 1.11. The Morgan fingerprint density at radius 3 is 1.24 bits per heavy atom. The Labute approximate surface area is 115 Å². The van der Waals surface area contributed by atoms with Gasteiger partial charge in [0.15, 0.2) is 0 Å². The minimum absolute atomic E-state index is 0.251. The minimum atomic E-state index is 0.251. The summed E-state index contributed by atoms with van der Waals surface area (Å²) in [6, 6.07) is 8.32. The Kier molecular flexibility index (Phi) is 17.5. The highest BCUT2D eigenvalue weighted by molar-refractivity contribution is 7.80. The summed E-state index contributed by atoms with van der Waals surface area (Å²) in [6.45, 7) is 18.6. The second kappa shape index (κ2) is 13.6. The molecule has 102 valence electrons. The molecule has 0 atom stereocenters. The molecule has 17 heavy (non-hydrogen) atoms. The molecule has 0 heterocycles. The van der Waals surface area contributed by atoms with Crippen LogP contribution in [0.5, 0.6) is 0 Å². The van der Waals surface area contributed by atoms with Crippen LogP contribution >= 0.6 is 12.6 Å². The topological polar surface area (TPSA) is 0 Å². The van der Waals surface area contributed by atoms with E-state index in [0.717, 1.165) is 4.90 Å². The molecule has 0 aromatic heterocycles. The third kappa shape index (κ3) is 11.8. The van der Waals surface area contributed by atoms with Gasteiger partial charge in [0.2, 0.25) is 0 Å². The lowest BCUT2D eigenvalue weighted by atomic mass is 9.87. The number of rotatable bonds is 0. The molecular weight excluding hydrogens is 224 g/mol. The predicted molar refractivity (Wildman–Crippen MR) is 86.4 cm³/mol. The molecule has 1 heteroatoms. The molecule has 0 unspecified atom stereocenters. The monoisotopic (exact) mass is 256 g/mol. The van der Waals surface area contributed by atoms with Crippen LogP contribution in [-0.2, 0) is 5.41 Å². The molecule has 0 spiro atoms. The van der Waals surface area contributed by atoms with Gasteiger partial charge in [0.1, 0.15) is 0 Å². The summed E-state index contributed by atoms with van der Waals surface area (Å²) in [5, 5.41) is 0. The van der Waals surface area contributed by atoms with Crippen molar-refractivity contribution in [1.82, 2.24) is 0 Å². The highest BCUT2D eigenvalue weighted by Crippen LogP contribution is 2.22. The summed E-state index contributed by atoms with van der Waals surface area (Å²) in [5.41, 5.74) is 1.61. The molecular formula is C16H32S. The first kappa shape index (κ1) is 21.8. The first-order valence-corrected chi connectivity index (χ1v) is 7.24. The van der Waals surface area contributed by atoms with Crippen molar-refractivity contribution in [3.63, 3.8) is 0 Å². The van der Waals surface area contributed by atoms with Gasteiger partial charge >= 0.3 is 0 Å². The van der Waals surface area contributed by atoms with E-state index < -0.39 is 0 Å². The third-order valence-corrected chi connectivity index (χ3v) is 2.03. The fraction of sp³-hybridized carbons (Fsp3) is 0.625. The van der Waals surface area contributed by atoms with Crippen LogP contribution < -0.4 is 0 Å². The lowest BCUT2D eigenvalue weighted by molar-refractivity contribution is 0.590. The van der Waals surface area contributed by atoms with E-state index in [1.54, 1.807) is 0 Å². The molecule has 0 radical (unpaired) electrons. The first-order chi connectivity index (χ1) is 8.00. The number of hydrogen-bond acceptors (Lipinski definition) is 1. The predicted octanol–water partition coefficient (Wildman–Crippen LogP) is 6.35. The molecule has 0 saturated carbocycles. The van der Waals surface area contributed by atoms with Gasteiger partial charge in [-0.2, -0.15) is 0 Å². The summed E-state index contributed by atoms with van der Waals surface area (Å²) in [4.78, 5) is 1.03. The van der Waals surface area contributed by atoms with Crippen LogP contribution in [0.15, 0.2) is 29.2 Å². The van der Waals surface area contributed by atoms with Gasteiger partial charge in [-0.05, 0) is 23.1 Å². The molecule has 0 fully saturated rings. The van der Waals surface area contributed by atoms with Crippen LogP contribution in [0.25, 0.3) is 0 Å². The summed E-state index contributed by atoms with van der Waals surface area (Å²) >= 11 is 4.23. The Hall–Kier alpha value is -0.430. The van der Waals surface area contributed by atoms with Crippen LogP contribution in [0, 0.1) is 0 Å². The van der Waals surface area contributed by atoms with Crippen molar-refractivity contribution in [3.05, 3.63) is 29.8 Å². The van der Waals surface area contributed by atoms with Crippen LogP contribution in [0.3, 0.4) is 0 Å². The van der Waals surface area contributed by atoms with E-state index >= 15 is 0 Å². The zero-order chi connectivity index (χ0) is 14.5. The maximum Gasteiger partial charge on any atom is 0.00401 e. The van der Waals surface area contributed by atoms with Crippen molar-refractivity contribution in [2.45, 2.75) is 72.6 Å². The van der Waals surface area contributed by atoms with Crippen LogP contribution in [0.4, 0.5) is 0 Å². The van der Waals surface area contributed by atoms with Crippen LogP contribution in [0.2, 0.25) is 0 Å². The van der Waals surface area contributed by atoms with E-state index in [0.29, 0.717) is 0 Å². The third-order valence-electron chi connectivity index (χ3n) is 1.73. The summed E-state index contributed by atoms with van der Waals surface area (Å²) < 4.78 is 0. The Morgan fingerprint density at radius 1 is 0.706 bits per heavy atom. The summed E-state index contributed by atoms with van der Waals surface area (Å²) in [7, 11) is 0. The Morgan fingerprint density at radius 2 is 1.00 bits per heavy atom. The van der Waals surface area contributed by atoms with Crippen molar-refractivity contribution < 1.29 is 0 Å². The van der Waals surface area contributed by atoms with Gasteiger partial charge in [0.05, 0.1) is 0 Å². The van der Waals surface area contributed by atoms with Crippen LogP contribution in [0.1, 0.15) is 67.9 Å². The molecule has 1 rings (SSSR count). The van der Waals surface area contributed by atoms with Crippen LogP contribution in [-0.4, -0.2) is 0 Å². The quantitative estimate of drug-likeness (QED) is 0.514. The lowest BCUT2D eigenvalue weighted by Gasteiger charge is -2.18. The van der Waals surface area contributed by atoms with Crippen molar-refractivity contribution in [2.24, 2.45) is 0 Å². The van der Waals surface area contributed by atoms with Gasteiger partial charge in [-0.15, -0.1) is 12.6 Å². The second-order valence-corrected chi connectivity index (χ2v) is 4.31. The van der Waals surface area contributed by atoms with E-state index in [9.17, 15) is 0 Å². The first-order valence-electron chi connectivity index (χ1n) is 6.79. The zero-order valence-corrected chi connectivity index (χ0v) is 14.2. The molecule has 0 aliphatic rings. The maximum absolute atomic E-state index is 4.23. The number of thiol groups is 1. The van der Waals surface area contributed by atoms with Gasteiger partial charge in [-0.1, -0.05) is 74.4 Å². The normalized spacial score (nSPS) is 8.59. The second-order valence-electron chi connectivity index (χ2n) is 3.80. The van der Waals surface area contributed by atoms with Crippen molar-refractivity contribution in [1.29, 1.82) is 0 Å². The molecule has 0 aliphatic carbocycles. The van der Waals surface area contributed by atoms with E-state index in [1.165, 1.54) is 5.56 Å². The molecule has 0 bridgehead atoms. The average Bonchev–Trinajstić information content (AvgIpc) is 2.36. The van der Waals surface area contributed by atoms with Gasteiger partial charge < -0.3 is 0 Å². The highest BCUT2D eigenvalue weighted by atomic mass is 32.1. The fourth-order valence-electron chi connectivity index (χ4n) is 0.961. The van der Waals surface area contributed by atoms with E-state index in [-0.39, 0.29) is 5.41 Å². The Balaban J connectivity index is -0.000000285. The van der Waals surface area contributed by atoms with Gasteiger partial charge in [0.25, 0.3) is 0 Å². The van der Waals surface area contributed by atoms with Gasteiger partial charge in [-0.25, -0.2) is 0 Å². The van der Waals surface area contributed by atoms with Crippen molar-refractivity contribution in [3.8, 4) is 0 Å². The average molecular weight is 256 g/mol. The number of hydrogen-bond donors (Lipinski definition) is 1. The molecule has 0 N–H and O–H groups in total. The standard InChI is InChI=1S/C10H14S.3C2H6/c1-10(2,3)8-4-6-9(11)7-5-8;3*1-2/h4-7,11H,1-3H3;3*1-2H3. The SMILES string of the molecule is CC.CC.CC.CC(C)(C)c1ccc(S)cc1. The van der Waals surface area contributed by atoms with Crippen molar-refractivity contribution >= 4 is 12.6 Å². The maximum atomic E-state index is 4.23. The lowest BCUT2D eigenvalue weighted by Crippen LogP contribution is -2.10. The van der Waals surface area contributed by atoms with Crippen molar-refractivity contribution in [2.75, 3.05) is 0 Å². The summed E-state index contributed by atoms with van der Waals surface area (Å²) in [6.07, 6.45) is 0. The van der Waals surface area contributed by atoms with E-state index in [4.69, 9.17) is 0 Å². The van der Waals surface area contributed by atoms with E-state index in [1.807, 2.05) is 53.7 Å². The van der Waals surface area contributed by atoms with Gasteiger partial charge in [-0.3, -0.25) is 0 Å². The van der Waals surface area contributed by atoms with Gasteiger partial charge in [0, 0.05) is 4.90 Å². The molecule has 0 amide bonds. The minimum Gasteiger partial charge on any atom is -0.143 e. The molecule has 0 aliphatic heterocycles. The number of benzene rings is 1. The molecule has 1 aromatic carbocycles. The zero-order valence-electron chi connectivity index (χ0n) is 13.3. The summed E-state index contributed by atoms with van der Waals surface area (Å²) in [5.74, 6) is 0. The molecule has 0 nitrogen and oxygen atoms in total. The Bertz CT molecular complexity index is 229. The van der Waals surface area contributed by atoms with E-state index in [2.05, 4.69) is 45.5 Å². The molecule has 0 saturated heterocycles. The smallest absolute Gasteiger partial charge is 0.00401 e.